The molecular formula is C53H55NO13. The summed E-state index contributed by atoms with van der Waals surface area (Å²) in [6, 6.07) is 53.6. The number of ether oxygens (including phenoxy) is 9. The molecule has 2 aliphatic rings. The Kier molecular flexibility index (Phi) is 17.2. The topological polar surface area (TPSA) is 167 Å². The molecule has 2 aliphatic heterocycles. The molecule has 67 heavy (non-hydrogen) atoms. The lowest BCUT2D eigenvalue weighted by atomic mass is 9.96. The van der Waals surface area contributed by atoms with Crippen molar-refractivity contribution in [2.75, 3.05) is 13.2 Å². The van der Waals surface area contributed by atoms with Crippen LogP contribution in [0.15, 0.2) is 176 Å². The standard InChI is InChI=1S/C53H55NO13/c55-46-44(35-59-30-37-16-6-1-7-17-37)65-52(49(47(46)56)61-32-39-20-10-3-11-21-39)67-48-45(36-60-31-38-18-8-2-9-19-38)66-53(64-43-28-26-42(27-29-43)54(57)58)51(63-34-41-24-14-5-15-25-41)50(48)62-33-40-22-12-4-13-23-40/h1-29,44-53,55-56H,30-36H2/t44-,45-,46+,47+,48-,49-,50+,51-,52+,53-/m1/s1. The van der Waals surface area contributed by atoms with Crippen molar-refractivity contribution < 1.29 is 57.8 Å². The van der Waals surface area contributed by atoms with Gasteiger partial charge in [-0.25, -0.2) is 0 Å². The smallest absolute Gasteiger partial charge is 0.269 e. The Morgan fingerprint density at radius 2 is 0.851 bits per heavy atom. The summed E-state index contributed by atoms with van der Waals surface area (Å²) in [6.45, 7) is 0.677. The van der Waals surface area contributed by atoms with Gasteiger partial charge in [0.25, 0.3) is 5.69 Å². The molecule has 0 bridgehead atoms. The number of aliphatic hydroxyl groups excluding tert-OH is 2. The largest absolute Gasteiger partial charge is 0.462 e. The average molecular weight is 914 g/mol. The van der Waals surface area contributed by atoms with Crippen molar-refractivity contribution >= 4 is 5.69 Å². The Morgan fingerprint density at radius 1 is 0.448 bits per heavy atom. The molecule has 0 radical (unpaired) electrons. The molecule has 2 N–H and O–H groups in total. The molecule has 8 rings (SSSR count). The average Bonchev–Trinajstić information content (AvgIpc) is 3.36. The summed E-state index contributed by atoms with van der Waals surface area (Å²) >= 11 is 0. The fourth-order valence-corrected chi connectivity index (χ4v) is 7.94. The van der Waals surface area contributed by atoms with E-state index in [1.807, 2.05) is 152 Å². The number of non-ortho nitro benzene ring substituents is 1. The maximum Gasteiger partial charge on any atom is 0.269 e. The van der Waals surface area contributed by atoms with Gasteiger partial charge in [0, 0.05) is 12.1 Å². The van der Waals surface area contributed by atoms with Crippen LogP contribution in [-0.4, -0.2) is 89.8 Å². The normalized spacial score (nSPS) is 25.0. The predicted octanol–water partition coefficient (Wildman–Crippen LogP) is 7.72. The molecule has 6 aromatic rings. The minimum Gasteiger partial charge on any atom is -0.462 e. The molecule has 0 aromatic heterocycles. The lowest BCUT2D eigenvalue weighted by molar-refractivity contribution is -0.384. The Labute approximate surface area is 389 Å². The van der Waals surface area contributed by atoms with E-state index in [1.165, 1.54) is 24.3 Å². The van der Waals surface area contributed by atoms with Crippen LogP contribution in [-0.2, 0) is 70.9 Å². The Hall–Kier alpha value is -5.88. The van der Waals surface area contributed by atoms with Gasteiger partial charge in [-0.05, 0) is 39.9 Å². The van der Waals surface area contributed by atoms with Crippen LogP contribution in [0.4, 0.5) is 5.69 Å². The van der Waals surface area contributed by atoms with Crippen molar-refractivity contribution in [3.05, 3.63) is 214 Å². The van der Waals surface area contributed by atoms with Crippen molar-refractivity contribution in [1.82, 2.24) is 0 Å². The number of nitrogens with zero attached hydrogens (tertiary/aromatic N) is 1. The van der Waals surface area contributed by atoms with E-state index in [0.29, 0.717) is 0 Å². The van der Waals surface area contributed by atoms with Crippen molar-refractivity contribution in [3.63, 3.8) is 0 Å². The maximum atomic E-state index is 11.9. The monoisotopic (exact) mass is 913 g/mol. The molecule has 0 spiro atoms. The molecule has 0 saturated carbocycles. The zero-order valence-corrected chi connectivity index (χ0v) is 36.8. The number of hydrogen-bond acceptors (Lipinski definition) is 13. The summed E-state index contributed by atoms with van der Waals surface area (Å²) in [7, 11) is 0. The van der Waals surface area contributed by atoms with Crippen molar-refractivity contribution in [2.24, 2.45) is 0 Å². The summed E-state index contributed by atoms with van der Waals surface area (Å²) in [5, 5.41) is 35.1. The van der Waals surface area contributed by atoms with E-state index in [4.69, 9.17) is 42.6 Å². The van der Waals surface area contributed by atoms with Crippen LogP contribution >= 0.6 is 0 Å². The Morgan fingerprint density at radius 3 is 1.31 bits per heavy atom. The van der Waals surface area contributed by atoms with Gasteiger partial charge in [0.15, 0.2) is 6.29 Å². The van der Waals surface area contributed by atoms with Crippen molar-refractivity contribution in [3.8, 4) is 5.75 Å². The maximum absolute atomic E-state index is 11.9. The first-order chi connectivity index (χ1) is 32.9. The number of hydrogen-bond donors (Lipinski definition) is 2. The highest BCUT2D eigenvalue weighted by atomic mass is 16.8. The number of benzene rings is 6. The van der Waals surface area contributed by atoms with E-state index in [0.717, 1.165) is 27.8 Å². The van der Waals surface area contributed by atoms with Gasteiger partial charge in [-0.15, -0.1) is 0 Å². The summed E-state index contributed by atoms with van der Waals surface area (Å²) in [5.41, 5.74) is 4.31. The second-order valence-electron chi connectivity index (χ2n) is 16.3. The third kappa shape index (κ3) is 13.4. The van der Waals surface area contributed by atoms with Gasteiger partial charge >= 0.3 is 0 Å². The predicted molar refractivity (Wildman–Crippen MR) is 245 cm³/mol. The molecule has 0 unspecified atom stereocenters. The summed E-state index contributed by atoms with van der Waals surface area (Å²) in [6.07, 6.45) is -11.6. The molecule has 0 aliphatic carbocycles. The van der Waals surface area contributed by atoms with Crippen LogP contribution in [0, 0.1) is 10.1 Å². The molecule has 14 heteroatoms. The minimum atomic E-state index is -1.47. The quantitative estimate of drug-likeness (QED) is 0.0503. The highest BCUT2D eigenvalue weighted by molar-refractivity contribution is 5.36. The molecule has 2 heterocycles. The van der Waals surface area contributed by atoms with Gasteiger partial charge in [-0.2, -0.15) is 0 Å². The zero-order valence-electron chi connectivity index (χ0n) is 36.8. The summed E-state index contributed by atoms with van der Waals surface area (Å²) < 4.78 is 59.6. The zero-order chi connectivity index (χ0) is 46.2. The number of rotatable bonds is 22. The van der Waals surface area contributed by atoms with E-state index in [9.17, 15) is 20.3 Å². The number of nitro groups is 1. The van der Waals surface area contributed by atoms with E-state index >= 15 is 0 Å². The number of aliphatic hydroxyl groups is 2. The highest BCUT2D eigenvalue weighted by Gasteiger charge is 2.54. The van der Waals surface area contributed by atoms with Gasteiger partial charge in [-0.3, -0.25) is 10.1 Å². The van der Waals surface area contributed by atoms with Gasteiger partial charge in [0.05, 0.1) is 51.2 Å². The van der Waals surface area contributed by atoms with E-state index in [2.05, 4.69) is 0 Å². The van der Waals surface area contributed by atoms with Crippen LogP contribution in [0.5, 0.6) is 5.75 Å². The van der Waals surface area contributed by atoms with E-state index < -0.39 is 66.3 Å². The molecule has 350 valence electrons. The van der Waals surface area contributed by atoms with Crippen molar-refractivity contribution in [2.45, 2.75) is 94.4 Å². The second kappa shape index (κ2) is 24.2. The molecule has 14 nitrogen and oxygen atoms in total. The van der Waals surface area contributed by atoms with Gasteiger partial charge < -0.3 is 52.8 Å². The molecule has 2 saturated heterocycles. The van der Waals surface area contributed by atoms with Crippen LogP contribution in [0.2, 0.25) is 0 Å². The minimum absolute atomic E-state index is 0.0344. The molecule has 0 amide bonds. The lowest BCUT2D eigenvalue weighted by Gasteiger charge is -2.49. The van der Waals surface area contributed by atoms with Crippen molar-refractivity contribution in [1.29, 1.82) is 0 Å². The highest BCUT2D eigenvalue weighted by Crippen LogP contribution is 2.36. The van der Waals surface area contributed by atoms with E-state index in [1.54, 1.807) is 0 Å². The van der Waals surface area contributed by atoms with E-state index in [-0.39, 0.29) is 57.7 Å². The molecular weight excluding hydrogens is 859 g/mol. The van der Waals surface area contributed by atoms with Gasteiger partial charge in [-0.1, -0.05) is 152 Å². The summed E-state index contributed by atoms with van der Waals surface area (Å²) in [4.78, 5) is 11.1. The fraction of sp³-hybridized carbons (Fsp3) is 0.321. The fourth-order valence-electron chi connectivity index (χ4n) is 7.94. The van der Waals surface area contributed by atoms with Crippen LogP contribution in [0.3, 0.4) is 0 Å². The van der Waals surface area contributed by atoms with Gasteiger partial charge in [0.2, 0.25) is 6.29 Å². The van der Waals surface area contributed by atoms with Gasteiger partial charge in [0.1, 0.15) is 54.6 Å². The van der Waals surface area contributed by atoms with Crippen LogP contribution in [0.1, 0.15) is 27.8 Å². The molecule has 10 atom stereocenters. The Bertz CT molecular complexity index is 2350. The van der Waals surface area contributed by atoms with Crippen LogP contribution < -0.4 is 4.74 Å². The SMILES string of the molecule is O=[N+]([O-])c1ccc(O[C@@H]2O[C@H](COCc3ccccc3)[C@@H](O[C@@H]3O[C@H](COCc4ccccc4)[C@H](O)[C@H](O)[C@H]3OCc3ccccc3)[C@H](OCc3ccccc3)[C@H]2OCc2ccccc2)cc1. The first kappa shape index (κ1) is 47.6. The third-order valence-electron chi connectivity index (χ3n) is 11.5. The second-order valence-corrected chi connectivity index (χ2v) is 16.3. The third-order valence-corrected chi connectivity index (χ3v) is 11.5. The lowest BCUT2D eigenvalue weighted by Crippen LogP contribution is -2.66. The number of nitro benzene ring substituents is 1. The Balaban J connectivity index is 1.15. The summed E-state index contributed by atoms with van der Waals surface area (Å²) in [5.74, 6) is 0.287. The molecule has 6 aromatic carbocycles. The molecule has 2 fully saturated rings. The van der Waals surface area contributed by atoms with Crippen LogP contribution in [0.25, 0.3) is 0 Å². The first-order valence-corrected chi connectivity index (χ1v) is 22.3. The first-order valence-electron chi connectivity index (χ1n) is 22.3.